The van der Waals surface area contributed by atoms with E-state index in [1.807, 2.05) is 0 Å². The lowest BCUT2D eigenvalue weighted by atomic mass is 10.1. The van der Waals surface area contributed by atoms with Crippen LogP contribution >= 0.6 is 0 Å². The molecule has 0 radical (unpaired) electrons. The van der Waals surface area contributed by atoms with Crippen molar-refractivity contribution in [2.75, 3.05) is 18.5 Å². The van der Waals surface area contributed by atoms with Crippen LogP contribution in [-0.2, 0) is 4.74 Å². The average Bonchev–Trinajstić information content (AvgIpc) is 2.26. The Morgan fingerprint density at radius 2 is 2.24 bits per heavy atom. The minimum atomic E-state index is -0.804. The fourth-order valence-corrected chi connectivity index (χ4v) is 1.14. The lowest BCUT2D eigenvalue weighted by Gasteiger charge is -2.17. The van der Waals surface area contributed by atoms with E-state index in [-0.39, 0.29) is 5.97 Å². The Bertz CT molecular complexity index is 368. The number of carbonyl (C=O) groups excluding carboxylic acids is 1. The number of ether oxygens (including phenoxy) is 1. The second-order valence-corrected chi connectivity index (χ2v) is 4.32. The summed E-state index contributed by atoms with van der Waals surface area (Å²) in [7, 11) is 0. The first kappa shape index (κ1) is 13.4. The Morgan fingerprint density at radius 3 is 2.71 bits per heavy atom. The summed E-state index contributed by atoms with van der Waals surface area (Å²) < 4.78 is 4.84. The van der Waals surface area contributed by atoms with Crippen LogP contribution in [0.25, 0.3) is 0 Å². The highest BCUT2D eigenvalue weighted by molar-refractivity contribution is 5.89. The van der Waals surface area contributed by atoms with Crippen LogP contribution in [0.5, 0.6) is 0 Å². The lowest BCUT2D eigenvalue weighted by Crippen LogP contribution is -2.29. The zero-order valence-electron chi connectivity index (χ0n) is 10.4. The topological polar surface area (TPSA) is 71.5 Å². The summed E-state index contributed by atoms with van der Waals surface area (Å²) in [4.78, 5) is 15.4. The number of esters is 1. The molecule has 1 rings (SSSR count). The summed E-state index contributed by atoms with van der Waals surface area (Å²) in [6.07, 6.45) is 1.45. The molecule has 1 aromatic rings. The number of carbonyl (C=O) groups is 1. The number of anilines is 1. The molecule has 2 N–H and O–H groups in total. The second kappa shape index (κ2) is 5.63. The van der Waals surface area contributed by atoms with E-state index in [1.54, 1.807) is 32.9 Å². The van der Waals surface area contributed by atoms with Crippen molar-refractivity contribution in [3.8, 4) is 0 Å². The van der Waals surface area contributed by atoms with Gasteiger partial charge in [0.1, 0.15) is 5.82 Å². The van der Waals surface area contributed by atoms with Gasteiger partial charge in [0.05, 0.1) is 17.8 Å². The third-order valence-electron chi connectivity index (χ3n) is 1.98. The smallest absolute Gasteiger partial charge is 0.339 e. The Balaban J connectivity index is 2.59. The van der Waals surface area contributed by atoms with E-state index in [0.717, 1.165) is 0 Å². The maximum absolute atomic E-state index is 11.4. The molecule has 0 spiro atoms. The Labute approximate surface area is 101 Å². The Kier molecular flexibility index (Phi) is 4.45. The molecule has 0 aliphatic rings. The van der Waals surface area contributed by atoms with Crippen molar-refractivity contribution in [1.82, 2.24) is 4.98 Å². The van der Waals surface area contributed by atoms with Gasteiger partial charge in [-0.3, -0.25) is 0 Å². The first-order valence-corrected chi connectivity index (χ1v) is 5.52. The fourth-order valence-electron chi connectivity index (χ4n) is 1.14. The molecule has 0 amide bonds. The van der Waals surface area contributed by atoms with E-state index in [0.29, 0.717) is 24.5 Å². The van der Waals surface area contributed by atoms with Gasteiger partial charge in [-0.15, -0.1) is 0 Å². The van der Waals surface area contributed by atoms with Crippen LogP contribution in [-0.4, -0.2) is 34.8 Å². The Morgan fingerprint density at radius 1 is 1.53 bits per heavy atom. The molecule has 5 nitrogen and oxygen atoms in total. The van der Waals surface area contributed by atoms with Crippen LogP contribution < -0.4 is 5.32 Å². The molecule has 0 saturated carbocycles. The number of rotatable bonds is 5. The molecule has 1 heterocycles. The maximum atomic E-state index is 11.4. The van der Waals surface area contributed by atoms with Crippen molar-refractivity contribution in [3.63, 3.8) is 0 Å². The quantitative estimate of drug-likeness (QED) is 0.759. The molecule has 0 atom stereocenters. The Hall–Kier alpha value is -1.62. The zero-order valence-corrected chi connectivity index (χ0v) is 10.4. The molecule has 0 aliphatic heterocycles. The SMILES string of the molecule is CCOC(=O)c1ccc(NCC(C)(C)O)nc1. The average molecular weight is 238 g/mol. The van der Waals surface area contributed by atoms with Crippen molar-refractivity contribution >= 4 is 11.8 Å². The van der Waals surface area contributed by atoms with Crippen molar-refractivity contribution in [3.05, 3.63) is 23.9 Å². The van der Waals surface area contributed by atoms with Crippen LogP contribution in [0.1, 0.15) is 31.1 Å². The summed E-state index contributed by atoms with van der Waals surface area (Å²) in [6, 6.07) is 3.32. The van der Waals surface area contributed by atoms with Crippen LogP contribution in [0.4, 0.5) is 5.82 Å². The van der Waals surface area contributed by atoms with E-state index in [2.05, 4.69) is 10.3 Å². The third-order valence-corrected chi connectivity index (χ3v) is 1.98. The molecule has 1 aromatic heterocycles. The molecule has 0 aromatic carbocycles. The van der Waals surface area contributed by atoms with Crippen LogP contribution in [0.15, 0.2) is 18.3 Å². The first-order valence-electron chi connectivity index (χ1n) is 5.52. The monoisotopic (exact) mass is 238 g/mol. The molecule has 0 saturated heterocycles. The zero-order chi connectivity index (χ0) is 12.9. The normalized spacial score (nSPS) is 11.1. The summed E-state index contributed by atoms with van der Waals surface area (Å²) >= 11 is 0. The van der Waals surface area contributed by atoms with Gasteiger partial charge in [0.2, 0.25) is 0 Å². The molecule has 0 aliphatic carbocycles. The molecule has 17 heavy (non-hydrogen) atoms. The van der Waals surface area contributed by atoms with E-state index >= 15 is 0 Å². The summed E-state index contributed by atoms with van der Waals surface area (Å²) in [6.45, 7) is 5.89. The van der Waals surface area contributed by atoms with Gasteiger partial charge in [-0.25, -0.2) is 9.78 Å². The van der Waals surface area contributed by atoms with E-state index in [9.17, 15) is 9.90 Å². The third kappa shape index (κ3) is 4.82. The van der Waals surface area contributed by atoms with Gasteiger partial charge in [-0.2, -0.15) is 0 Å². The molecule has 0 fully saturated rings. The molecular weight excluding hydrogens is 220 g/mol. The number of aliphatic hydroxyl groups is 1. The number of hydrogen-bond acceptors (Lipinski definition) is 5. The summed E-state index contributed by atoms with van der Waals surface area (Å²) in [5.74, 6) is 0.231. The van der Waals surface area contributed by atoms with Gasteiger partial charge in [0, 0.05) is 12.7 Å². The minimum absolute atomic E-state index is 0.345. The highest BCUT2D eigenvalue weighted by Crippen LogP contribution is 2.08. The fraction of sp³-hybridized carbons (Fsp3) is 0.500. The van der Waals surface area contributed by atoms with Crippen LogP contribution in [0.2, 0.25) is 0 Å². The van der Waals surface area contributed by atoms with Gasteiger partial charge in [0.15, 0.2) is 0 Å². The molecule has 0 bridgehead atoms. The highest BCUT2D eigenvalue weighted by Gasteiger charge is 2.12. The van der Waals surface area contributed by atoms with Crippen molar-refractivity contribution in [1.29, 1.82) is 0 Å². The predicted molar refractivity (Wildman–Crippen MR) is 65.0 cm³/mol. The standard InChI is InChI=1S/C12H18N2O3/c1-4-17-11(15)9-5-6-10(13-7-9)14-8-12(2,3)16/h5-7,16H,4,8H2,1-3H3,(H,13,14). The van der Waals surface area contributed by atoms with Crippen LogP contribution in [0, 0.1) is 0 Å². The van der Waals surface area contributed by atoms with E-state index in [1.165, 1.54) is 6.20 Å². The molecular formula is C12H18N2O3. The largest absolute Gasteiger partial charge is 0.462 e. The number of pyridine rings is 1. The molecule has 94 valence electrons. The van der Waals surface area contributed by atoms with Gasteiger partial charge in [-0.1, -0.05) is 0 Å². The van der Waals surface area contributed by atoms with E-state index < -0.39 is 5.60 Å². The van der Waals surface area contributed by atoms with Gasteiger partial charge < -0.3 is 15.2 Å². The van der Waals surface area contributed by atoms with Gasteiger partial charge >= 0.3 is 5.97 Å². The minimum Gasteiger partial charge on any atom is -0.462 e. The molecule has 5 heteroatoms. The maximum Gasteiger partial charge on any atom is 0.339 e. The van der Waals surface area contributed by atoms with Gasteiger partial charge in [0.25, 0.3) is 0 Å². The van der Waals surface area contributed by atoms with Gasteiger partial charge in [-0.05, 0) is 32.9 Å². The summed E-state index contributed by atoms with van der Waals surface area (Å²) in [5, 5.41) is 12.5. The summed E-state index contributed by atoms with van der Waals surface area (Å²) in [5.41, 5.74) is -0.387. The lowest BCUT2D eigenvalue weighted by molar-refractivity contribution is 0.0525. The molecule has 0 unspecified atom stereocenters. The van der Waals surface area contributed by atoms with Crippen molar-refractivity contribution < 1.29 is 14.6 Å². The number of nitrogens with one attached hydrogen (secondary N) is 1. The number of aromatic nitrogens is 1. The first-order chi connectivity index (χ1) is 7.92. The van der Waals surface area contributed by atoms with Crippen molar-refractivity contribution in [2.45, 2.75) is 26.4 Å². The number of nitrogens with zero attached hydrogens (tertiary/aromatic N) is 1. The van der Waals surface area contributed by atoms with Crippen molar-refractivity contribution in [2.24, 2.45) is 0 Å². The second-order valence-electron chi connectivity index (χ2n) is 4.32. The van der Waals surface area contributed by atoms with Crippen LogP contribution in [0.3, 0.4) is 0 Å². The predicted octanol–water partition coefficient (Wildman–Crippen LogP) is 1.44. The van der Waals surface area contributed by atoms with E-state index in [4.69, 9.17) is 4.74 Å². The number of hydrogen-bond donors (Lipinski definition) is 2. The highest BCUT2D eigenvalue weighted by atomic mass is 16.5.